The molecule has 1 aromatic heterocycles. The Bertz CT molecular complexity index is 837. The van der Waals surface area contributed by atoms with Gasteiger partial charge in [-0.3, -0.25) is 4.90 Å². The van der Waals surface area contributed by atoms with Gasteiger partial charge in [-0.05, 0) is 17.0 Å². The molecule has 29 heavy (non-hydrogen) atoms. The van der Waals surface area contributed by atoms with Crippen molar-refractivity contribution in [3.63, 3.8) is 0 Å². The molecule has 0 saturated carbocycles. The van der Waals surface area contributed by atoms with E-state index in [4.69, 9.17) is 4.74 Å². The summed E-state index contributed by atoms with van der Waals surface area (Å²) < 4.78 is 14.8. The predicted molar refractivity (Wildman–Crippen MR) is 119 cm³/mol. The maximum absolute atomic E-state index is 5.89. The van der Waals surface area contributed by atoms with Crippen molar-refractivity contribution < 1.29 is 4.74 Å². The number of piperazine rings is 1. The van der Waals surface area contributed by atoms with E-state index >= 15 is 0 Å². The Balaban J connectivity index is 1.48. The highest BCUT2D eigenvalue weighted by atomic mass is 32.1. The van der Waals surface area contributed by atoms with Crippen LogP contribution in [0.15, 0.2) is 60.7 Å². The number of aromatic nitrogens is 2. The lowest BCUT2D eigenvalue weighted by Gasteiger charge is -2.39. The van der Waals surface area contributed by atoms with Gasteiger partial charge in [-0.2, -0.15) is 4.37 Å². The molecule has 0 atom stereocenters. The summed E-state index contributed by atoms with van der Waals surface area (Å²) in [6.07, 6.45) is 0. The van der Waals surface area contributed by atoms with Gasteiger partial charge in [0.2, 0.25) is 5.82 Å². The van der Waals surface area contributed by atoms with Gasteiger partial charge < -0.3 is 9.64 Å². The minimum absolute atomic E-state index is 0.268. The highest BCUT2D eigenvalue weighted by Gasteiger charge is 2.28. The fourth-order valence-electron chi connectivity index (χ4n) is 3.78. The molecule has 0 unspecified atom stereocenters. The zero-order valence-electron chi connectivity index (χ0n) is 17.1. The van der Waals surface area contributed by atoms with Gasteiger partial charge in [-0.25, -0.2) is 0 Å². The molecule has 0 amide bonds. The van der Waals surface area contributed by atoms with Crippen LogP contribution in [0.25, 0.3) is 0 Å². The van der Waals surface area contributed by atoms with E-state index in [1.165, 1.54) is 22.9 Å². The molecule has 1 fully saturated rings. The van der Waals surface area contributed by atoms with E-state index in [0.717, 1.165) is 32.0 Å². The Labute approximate surface area is 177 Å². The van der Waals surface area contributed by atoms with E-state index in [-0.39, 0.29) is 6.04 Å². The van der Waals surface area contributed by atoms with Gasteiger partial charge in [0.15, 0.2) is 0 Å². The fraction of sp³-hybridized carbons (Fsp3) is 0.391. The zero-order valence-corrected chi connectivity index (χ0v) is 17.9. The molecule has 0 N–H and O–H groups in total. The summed E-state index contributed by atoms with van der Waals surface area (Å²) in [5.74, 6) is 2.05. The highest BCUT2D eigenvalue weighted by molar-refractivity contribution is 6.99. The lowest BCUT2D eigenvalue weighted by Crippen LogP contribution is -2.48. The second-order valence-electron chi connectivity index (χ2n) is 7.84. The summed E-state index contributed by atoms with van der Waals surface area (Å²) in [5, 5.41) is 0. The lowest BCUT2D eigenvalue weighted by atomic mass is 9.96. The van der Waals surface area contributed by atoms with Gasteiger partial charge in [-0.15, -0.1) is 4.37 Å². The first-order valence-electron chi connectivity index (χ1n) is 10.3. The van der Waals surface area contributed by atoms with E-state index in [2.05, 4.69) is 93.1 Å². The molecule has 2 heterocycles. The molecule has 0 radical (unpaired) electrons. The van der Waals surface area contributed by atoms with Crippen molar-refractivity contribution in [2.45, 2.75) is 19.9 Å². The average molecular weight is 409 g/mol. The van der Waals surface area contributed by atoms with Crippen molar-refractivity contribution >= 4 is 17.5 Å². The van der Waals surface area contributed by atoms with Crippen molar-refractivity contribution in [2.75, 3.05) is 37.7 Å². The van der Waals surface area contributed by atoms with E-state index in [1.807, 2.05) is 0 Å². The normalized spacial score (nSPS) is 15.2. The maximum Gasteiger partial charge on any atom is 0.270 e. The molecule has 0 aliphatic carbocycles. The van der Waals surface area contributed by atoms with Crippen LogP contribution in [0, 0.1) is 5.92 Å². The van der Waals surface area contributed by atoms with Crippen molar-refractivity contribution in [1.29, 1.82) is 0 Å². The summed E-state index contributed by atoms with van der Waals surface area (Å²) in [4.78, 5) is 4.87. The minimum atomic E-state index is 0.268. The number of anilines is 1. The highest BCUT2D eigenvalue weighted by Crippen LogP contribution is 2.32. The average Bonchev–Trinajstić information content (AvgIpc) is 3.23. The van der Waals surface area contributed by atoms with Crippen LogP contribution in [-0.4, -0.2) is 46.4 Å². The molecule has 4 rings (SSSR count). The molecule has 0 bridgehead atoms. The Hall–Kier alpha value is -2.44. The maximum atomic E-state index is 5.89. The minimum Gasteiger partial charge on any atom is -0.474 e. The largest absolute Gasteiger partial charge is 0.474 e. The third-order valence-electron chi connectivity index (χ3n) is 5.21. The van der Waals surface area contributed by atoms with Crippen LogP contribution in [0.4, 0.5) is 5.82 Å². The Kier molecular flexibility index (Phi) is 6.42. The number of benzene rings is 2. The van der Waals surface area contributed by atoms with E-state index in [1.54, 1.807) is 0 Å². The summed E-state index contributed by atoms with van der Waals surface area (Å²) in [6.45, 7) is 8.73. The third-order valence-corrected chi connectivity index (χ3v) is 5.71. The second kappa shape index (κ2) is 9.37. The van der Waals surface area contributed by atoms with Crippen LogP contribution in [0.3, 0.4) is 0 Å². The van der Waals surface area contributed by atoms with Crippen LogP contribution in [0.5, 0.6) is 5.88 Å². The van der Waals surface area contributed by atoms with Gasteiger partial charge >= 0.3 is 0 Å². The Morgan fingerprint density at radius 2 is 1.45 bits per heavy atom. The van der Waals surface area contributed by atoms with E-state index in [9.17, 15) is 0 Å². The second-order valence-corrected chi connectivity index (χ2v) is 8.37. The third kappa shape index (κ3) is 4.77. The summed E-state index contributed by atoms with van der Waals surface area (Å²) in [6, 6.07) is 21.8. The number of hydrogen-bond donors (Lipinski definition) is 0. The lowest BCUT2D eigenvalue weighted by molar-refractivity contribution is 0.210. The monoisotopic (exact) mass is 408 g/mol. The van der Waals surface area contributed by atoms with Crippen molar-refractivity contribution in [3.05, 3.63) is 71.8 Å². The van der Waals surface area contributed by atoms with Crippen molar-refractivity contribution in [2.24, 2.45) is 5.92 Å². The summed E-state index contributed by atoms with van der Waals surface area (Å²) in [5.41, 5.74) is 2.67. The molecular weight excluding hydrogens is 380 g/mol. The zero-order chi connectivity index (χ0) is 20.1. The first kappa shape index (κ1) is 19.9. The summed E-state index contributed by atoms with van der Waals surface area (Å²) in [7, 11) is 0. The van der Waals surface area contributed by atoms with Crippen molar-refractivity contribution in [1.82, 2.24) is 13.6 Å². The van der Waals surface area contributed by atoms with Gasteiger partial charge in [0.05, 0.1) is 24.4 Å². The SMILES string of the molecule is CC(C)COc1nsnc1N1CCN(C(c2ccccc2)c2ccccc2)CC1. The number of ether oxygens (including phenoxy) is 1. The molecular formula is C23H28N4OS. The Morgan fingerprint density at radius 1 is 0.862 bits per heavy atom. The first-order chi connectivity index (χ1) is 14.2. The van der Waals surface area contributed by atoms with Crippen LogP contribution in [0.1, 0.15) is 31.0 Å². The molecule has 3 aromatic rings. The topological polar surface area (TPSA) is 41.5 Å². The predicted octanol–water partition coefficient (Wildman–Crippen LogP) is 4.48. The first-order valence-corrected chi connectivity index (χ1v) is 11.0. The van der Waals surface area contributed by atoms with Gasteiger partial charge in [0.25, 0.3) is 5.88 Å². The molecule has 6 heteroatoms. The number of hydrogen-bond acceptors (Lipinski definition) is 6. The smallest absolute Gasteiger partial charge is 0.270 e. The van der Waals surface area contributed by atoms with Crippen LogP contribution in [-0.2, 0) is 0 Å². The van der Waals surface area contributed by atoms with E-state index < -0.39 is 0 Å². The molecule has 1 saturated heterocycles. The quantitative estimate of drug-likeness (QED) is 0.576. The molecule has 152 valence electrons. The van der Waals surface area contributed by atoms with Gasteiger partial charge in [0, 0.05) is 26.2 Å². The van der Waals surface area contributed by atoms with Gasteiger partial charge in [-0.1, -0.05) is 74.5 Å². The number of nitrogens with zero attached hydrogens (tertiary/aromatic N) is 4. The molecule has 1 aliphatic rings. The Morgan fingerprint density at radius 3 is 2.00 bits per heavy atom. The van der Waals surface area contributed by atoms with Crippen LogP contribution in [0.2, 0.25) is 0 Å². The molecule has 5 nitrogen and oxygen atoms in total. The van der Waals surface area contributed by atoms with Crippen LogP contribution >= 0.6 is 11.7 Å². The van der Waals surface area contributed by atoms with E-state index in [0.29, 0.717) is 18.4 Å². The van der Waals surface area contributed by atoms with Gasteiger partial charge in [0.1, 0.15) is 0 Å². The number of rotatable bonds is 7. The molecule has 0 spiro atoms. The van der Waals surface area contributed by atoms with Crippen LogP contribution < -0.4 is 9.64 Å². The summed E-state index contributed by atoms with van der Waals surface area (Å²) >= 11 is 1.23. The van der Waals surface area contributed by atoms with Crippen molar-refractivity contribution in [3.8, 4) is 5.88 Å². The molecule has 1 aliphatic heterocycles. The standard InChI is InChI=1S/C23H28N4OS/c1-18(2)17-28-23-22(24-29-25-23)27-15-13-26(14-16-27)21(19-9-5-3-6-10-19)20-11-7-4-8-12-20/h3-12,18,21H,13-17H2,1-2H3. The molecule has 2 aromatic carbocycles. The fourth-order valence-corrected chi connectivity index (χ4v) is 4.30.